The molecule has 4 saturated heterocycles. The quantitative estimate of drug-likeness (QED) is 0.738. The minimum atomic E-state index is -0.431. The number of esters is 1. The number of hydrogen-bond donors (Lipinski definition) is 0. The van der Waals surface area contributed by atoms with Crippen LogP contribution in [0.25, 0.3) is 0 Å². The summed E-state index contributed by atoms with van der Waals surface area (Å²) in [5.74, 6) is 2.29. The van der Waals surface area contributed by atoms with Gasteiger partial charge < -0.3 is 14.4 Å². The molecule has 3 atom stereocenters. The molecule has 0 N–H and O–H groups in total. The first-order valence-corrected chi connectivity index (χ1v) is 10.2. The van der Waals surface area contributed by atoms with Gasteiger partial charge in [-0.05, 0) is 37.9 Å². The third-order valence-electron chi connectivity index (χ3n) is 6.87. The van der Waals surface area contributed by atoms with Crippen molar-refractivity contribution < 1.29 is 14.3 Å². The lowest BCUT2D eigenvalue weighted by Crippen LogP contribution is -2.60. The molecule has 0 spiro atoms. The maximum Gasteiger partial charge on any atom is 0.356 e. The van der Waals surface area contributed by atoms with Crippen molar-refractivity contribution in [2.75, 3.05) is 38.8 Å². The molecule has 2 aromatic rings. The summed E-state index contributed by atoms with van der Waals surface area (Å²) in [6.07, 6.45) is 3.89. The van der Waals surface area contributed by atoms with E-state index in [2.05, 4.69) is 31.9 Å². The van der Waals surface area contributed by atoms with Crippen LogP contribution in [0.15, 0.2) is 36.7 Å². The van der Waals surface area contributed by atoms with Crippen molar-refractivity contribution in [3.63, 3.8) is 0 Å². The Labute approximate surface area is 170 Å². The Morgan fingerprint density at radius 2 is 1.90 bits per heavy atom. The highest BCUT2D eigenvalue weighted by atomic mass is 16.5. The molecule has 1 aromatic heterocycles. The monoisotopic (exact) mass is 394 g/mol. The van der Waals surface area contributed by atoms with Gasteiger partial charge in [-0.3, -0.25) is 4.90 Å². The van der Waals surface area contributed by atoms with Gasteiger partial charge >= 0.3 is 5.97 Å². The number of anilines is 1. The normalized spacial score (nSPS) is 30.1. The third-order valence-corrected chi connectivity index (χ3v) is 6.87. The number of para-hydroxylation sites is 1. The number of fused-ring (bicyclic) bond motifs is 2. The van der Waals surface area contributed by atoms with E-state index in [1.807, 2.05) is 12.1 Å². The molecule has 7 heteroatoms. The average molecular weight is 394 g/mol. The highest BCUT2D eigenvalue weighted by molar-refractivity contribution is 5.87. The van der Waals surface area contributed by atoms with Crippen molar-refractivity contribution in [3.05, 3.63) is 47.9 Å². The molecular weight excluding hydrogens is 368 g/mol. The lowest BCUT2D eigenvalue weighted by molar-refractivity contribution is 0.0352. The summed E-state index contributed by atoms with van der Waals surface area (Å²) in [7, 11) is 3.12. The van der Waals surface area contributed by atoms with Gasteiger partial charge in [-0.2, -0.15) is 0 Å². The number of piperidine rings is 3. The Kier molecular flexibility index (Phi) is 4.62. The van der Waals surface area contributed by atoms with Crippen LogP contribution >= 0.6 is 0 Å². The summed E-state index contributed by atoms with van der Waals surface area (Å²) >= 11 is 0. The Morgan fingerprint density at radius 1 is 1.10 bits per heavy atom. The summed E-state index contributed by atoms with van der Waals surface area (Å²) in [6.45, 7) is 3.16. The molecule has 5 heterocycles. The van der Waals surface area contributed by atoms with Crippen LogP contribution in [0.1, 0.15) is 34.8 Å². The molecule has 152 valence electrons. The fourth-order valence-electron chi connectivity index (χ4n) is 5.65. The summed E-state index contributed by atoms with van der Waals surface area (Å²) in [4.78, 5) is 25.7. The van der Waals surface area contributed by atoms with E-state index >= 15 is 0 Å². The van der Waals surface area contributed by atoms with E-state index in [4.69, 9.17) is 9.47 Å². The van der Waals surface area contributed by atoms with E-state index in [1.165, 1.54) is 31.8 Å². The van der Waals surface area contributed by atoms with Gasteiger partial charge in [0.25, 0.3) is 0 Å². The van der Waals surface area contributed by atoms with Crippen molar-refractivity contribution in [3.8, 4) is 5.75 Å². The number of ether oxygens (including phenoxy) is 2. The first-order valence-electron chi connectivity index (χ1n) is 10.2. The minimum Gasteiger partial charge on any atom is -0.496 e. The van der Waals surface area contributed by atoms with E-state index in [0.29, 0.717) is 29.6 Å². The largest absolute Gasteiger partial charge is 0.496 e. The smallest absolute Gasteiger partial charge is 0.356 e. The van der Waals surface area contributed by atoms with Crippen LogP contribution in [0, 0.1) is 5.92 Å². The van der Waals surface area contributed by atoms with E-state index in [-0.39, 0.29) is 0 Å². The molecule has 6 rings (SSSR count). The summed E-state index contributed by atoms with van der Waals surface area (Å²) in [5.41, 5.74) is 1.55. The predicted octanol–water partition coefficient (Wildman–Crippen LogP) is 2.34. The van der Waals surface area contributed by atoms with Gasteiger partial charge in [0.15, 0.2) is 5.69 Å². The number of rotatable bonds is 4. The Morgan fingerprint density at radius 3 is 2.66 bits per heavy atom. The zero-order valence-corrected chi connectivity index (χ0v) is 16.8. The fraction of sp³-hybridized carbons (Fsp3) is 0.500. The van der Waals surface area contributed by atoms with Gasteiger partial charge in [0.1, 0.15) is 17.9 Å². The lowest BCUT2D eigenvalue weighted by atomic mass is 9.75. The second-order valence-electron chi connectivity index (χ2n) is 8.11. The van der Waals surface area contributed by atoms with Crippen LogP contribution in [0.3, 0.4) is 0 Å². The zero-order valence-electron chi connectivity index (χ0n) is 16.8. The van der Waals surface area contributed by atoms with Gasteiger partial charge in [0.05, 0.1) is 14.2 Å². The van der Waals surface area contributed by atoms with E-state index < -0.39 is 5.97 Å². The molecule has 0 amide bonds. The molecule has 7 nitrogen and oxygen atoms in total. The maximum absolute atomic E-state index is 12.0. The molecular formula is C22H26N4O3. The molecule has 4 fully saturated rings. The lowest BCUT2D eigenvalue weighted by Gasteiger charge is -2.51. The van der Waals surface area contributed by atoms with Gasteiger partial charge in [0.2, 0.25) is 0 Å². The van der Waals surface area contributed by atoms with Crippen molar-refractivity contribution >= 4 is 11.8 Å². The molecule has 2 bridgehead atoms. The van der Waals surface area contributed by atoms with Gasteiger partial charge in [0, 0.05) is 36.2 Å². The predicted molar refractivity (Wildman–Crippen MR) is 108 cm³/mol. The van der Waals surface area contributed by atoms with Crippen LogP contribution < -0.4 is 9.64 Å². The van der Waals surface area contributed by atoms with Crippen molar-refractivity contribution in [1.29, 1.82) is 0 Å². The first kappa shape index (κ1) is 18.4. The van der Waals surface area contributed by atoms with E-state index in [1.54, 1.807) is 13.2 Å². The number of nitrogens with zero attached hydrogens (tertiary/aromatic N) is 4. The van der Waals surface area contributed by atoms with Crippen LogP contribution in [0.5, 0.6) is 5.75 Å². The fourth-order valence-corrected chi connectivity index (χ4v) is 5.65. The molecule has 29 heavy (non-hydrogen) atoms. The first-order chi connectivity index (χ1) is 14.2. The van der Waals surface area contributed by atoms with Gasteiger partial charge in [-0.15, -0.1) is 0 Å². The number of hydrogen-bond acceptors (Lipinski definition) is 7. The molecule has 0 aliphatic carbocycles. The Bertz CT molecular complexity index is 912. The summed E-state index contributed by atoms with van der Waals surface area (Å²) in [6, 6.07) is 10.9. The molecule has 4 aliphatic heterocycles. The van der Waals surface area contributed by atoms with Gasteiger partial charge in [-0.1, -0.05) is 18.2 Å². The average Bonchev–Trinajstić information content (AvgIpc) is 3.22. The number of benzene rings is 1. The minimum absolute atomic E-state index is 0.302. The standard InChI is InChI=1S/C22H26N4O3/c1-28-18-6-4-3-5-15(18)16-12-26(19-11-17(22(27)29-2)23-13-24-19)20-14-7-9-25(10-8-14)21(16)20/h3-6,11,13-14,16,20-21H,7-10,12H2,1-2H3/t16-,20-,21-/m0/s1. The zero-order chi connectivity index (χ0) is 20.0. The van der Waals surface area contributed by atoms with Gasteiger partial charge in [-0.25, -0.2) is 14.8 Å². The SMILES string of the molecule is COC(=O)c1cc(N2C[C@@H](c3ccccc3OC)[C@H]3[C@@H]2C2CCN3CC2)ncn1. The topological polar surface area (TPSA) is 67.8 Å². The van der Waals surface area contributed by atoms with Crippen LogP contribution in [0.4, 0.5) is 5.82 Å². The van der Waals surface area contributed by atoms with Crippen molar-refractivity contribution in [1.82, 2.24) is 14.9 Å². The third kappa shape index (κ3) is 2.95. The molecule has 0 saturated carbocycles. The molecule has 1 aromatic carbocycles. The van der Waals surface area contributed by atoms with E-state index in [9.17, 15) is 4.79 Å². The number of carbonyl (C=O) groups is 1. The van der Waals surface area contributed by atoms with Crippen molar-refractivity contribution in [2.45, 2.75) is 30.8 Å². The van der Waals surface area contributed by atoms with Crippen LogP contribution in [0.2, 0.25) is 0 Å². The van der Waals surface area contributed by atoms with Crippen molar-refractivity contribution in [2.24, 2.45) is 5.92 Å². The maximum atomic E-state index is 12.0. The second kappa shape index (κ2) is 7.30. The molecule has 0 radical (unpaired) electrons. The Balaban J connectivity index is 1.56. The van der Waals surface area contributed by atoms with Crippen LogP contribution in [-0.4, -0.2) is 66.8 Å². The number of methoxy groups -OCH3 is 2. The Hall–Kier alpha value is -2.67. The highest BCUT2D eigenvalue weighted by Gasteiger charge is 2.54. The molecule has 0 unspecified atom stereocenters. The molecule has 4 aliphatic rings. The van der Waals surface area contributed by atoms with E-state index in [0.717, 1.165) is 31.2 Å². The second-order valence-corrected chi connectivity index (χ2v) is 8.11. The number of carbonyl (C=O) groups excluding carboxylic acids is 1. The summed E-state index contributed by atoms with van der Waals surface area (Å²) in [5, 5.41) is 0. The van der Waals surface area contributed by atoms with Crippen LogP contribution in [-0.2, 0) is 4.74 Å². The highest BCUT2D eigenvalue weighted by Crippen LogP contribution is 2.49. The number of aromatic nitrogens is 2. The summed E-state index contributed by atoms with van der Waals surface area (Å²) < 4.78 is 10.6.